The highest BCUT2D eigenvalue weighted by molar-refractivity contribution is 5.93. The molecule has 1 unspecified atom stereocenters. The van der Waals surface area contributed by atoms with Gasteiger partial charge in [0, 0.05) is 18.4 Å². The van der Waals surface area contributed by atoms with E-state index in [1.165, 1.54) is 11.8 Å². The summed E-state index contributed by atoms with van der Waals surface area (Å²) in [5.41, 5.74) is 2.84. The van der Waals surface area contributed by atoms with Gasteiger partial charge in [0.15, 0.2) is 0 Å². The fourth-order valence-electron chi connectivity index (χ4n) is 2.04. The lowest BCUT2D eigenvalue weighted by molar-refractivity contribution is 0.0697. The molecule has 0 bridgehead atoms. The van der Waals surface area contributed by atoms with Crippen molar-refractivity contribution in [2.75, 3.05) is 11.9 Å². The number of hydrogen-bond acceptors (Lipinski definition) is 3. The standard InChI is InChI=1S/C16H18N2O2/c1-11(13-6-4-3-5-7-13)9-18-15-8-12(2)17-10-14(15)16(19)20/h3-8,10-11H,9H2,1-2H3,(H,17,18)(H,19,20). The van der Waals surface area contributed by atoms with Gasteiger partial charge in [-0.05, 0) is 24.5 Å². The zero-order valence-electron chi connectivity index (χ0n) is 11.6. The van der Waals surface area contributed by atoms with Gasteiger partial charge in [0.05, 0.1) is 5.69 Å². The Labute approximate surface area is 118 Å². The Morgan fingerprint density at radius 3 is 2.70 bits per heavy atom. The van der Waals surface area contributed by atoms with Crippen LogP contribution in [0.4, 0.5) is 5.69 Å². The van der Waals surface area contributed by atoms with Crippen LogP contribution in [0.1, 0.15) is 34.5 Å². The second kappa shape index (κ2) is 6.19. The highest BCUT2D eigenvalue weighted by atomic mass is 16.4. The molecule has 2 aromatic rings. The first kappa shape index (κ1) is 14.1. The molecule has 104 valence electrons. The number of rotatable bonds is 5. The smallest absolute Gasteiger partial charge is 0.339 e. The highest BCUT2D eigenvalue weighted by Gasteiger charge is 2.12. The minimum atomic E-state index is -0.965. The number of nitrogens with zero attached hydrogens (tertiary/aromatic N) is 1. The Balaban J connectivity index is 2.11. The van der Waals surface area contributed by atoms with E-state index in [2.05, 4.69) is 29.4 Å². The van der Waals surface area contributed by atoms with Crippen molar-refractivity contribution < 1.29 is 9.90 Å². The molecule has 0 radical (unpaired) electrons. The van der Waals surface area contributed by atoms with Crippen LogP contribution in [-0.2, 0) is 0 Å². The molecule has 0 saturated heterocycles. The van der Waals surface area contributed by atoms with Crippen molar-refractivity contribution in [1.82, 2.24) is 4.98 Å². The normalized spacial score (nSPS) is 11.9. The Morgan fingerprint density at radius 2 is 2.05 bits per heavy atom. The minimum Gasteiger partial charge on any atom is -0.478 e. The summed E-state index contributed by atoms with van der Waals surface area (Å²) in [5, 5.41) is 12.4. The summed E-state index contributed by atoms with van der Waals surface area (Å²) >= 11 is 0. The van der Waals surface area contributed by atoms with Gasteiger partial charge >= 0.3 is 5.97 Å². The number of carboxylic acids is 1. The van der Waals surface area contributed by atoms with E-state index in [0.717, 1.165) is 5.69 Å². The number of carbonyl (C=O) groups is 1. The Bertz CT molecular complexity index is 597. The van der Waals surface area contributed by atoms with E-state index in [-0.39, 0.29) is 5.56 Å². The van der Waals surface area contributed by atoms with Crippen molar-refractivity contribution in [2.24, 2.45) is 0 Å². The molecule has 0 spiro atoms. The number of carboxylic acid groups (broad SMARTS) is 1. The maximum atomic E-state index is 11.2. The monoisotopic (exact) mass is 270 g/mol. The quantitative estimate of drug-likeness (QED) is 0.875. The third kappa shape index (κ3) is 3.35. The highest BCUT2D eigenvalue weighted by Crippen LogP contribution is 2.19. The second-order valence-electron chi connectivity index (χ2n) is 4.87. The molecular formula is C16H18N2O2. The van der Waals surface area contributed by atoms with Crippen LogP contribution in [0.25, 0.3) is 0 Å². The first-order valence-corrected chi connectivity index (χ1v) is 6.56. The number of benzene rings is 1. The lowest BCUT2D eigenvalue weighted by Gasteiger charge is -2.15. The number of hydrogen-bond donors (Lipinski definition) is 2. The first-order valence-electron chi connectivity index (χ1n) is 6.56. The summed E-state index contributed by atoms with van der Waals surface area (Å²) in [6, 6.07) is 11.9. The van der Waals surface area contributed by atoms with Gasteiger partial charge in [0.25, 0.3) is 0 Å². The predicted molar refractivity (Wildman–Crippen MR) is 79.3 cm³/mol. The van der Waals surface area contributed by atoms with E-state index in [9.17, 15) is 4.79 Å². The van der Waals surface area contributed by atoms with E-state index in [4.69, 9.17) is 5.11 Å². The summed E-state index contributed by atoms with van der Waals surface area (Å²) in [5.74, 6) is -0.668. The van der Waals surface area contributed by atoms with Crippen LogP contribution in [-0.4, -0.2) is 22.6 Å². The molecule has 1 atom stereocenters. The molecule has 1 aromatic carbocycles. The molecule has 4 heteroatoms. The van der Waals surface area contributed by atoms with Crippen molar-refractivity contribution >= 4 is 11.7 Å². The Kier molecular flexibility index (Phi) is 4.35. The molecule has 4 nitrogen and oxygen atoms in total. The molecule has 20 heavy (non-hydrogen) atoms. The van der Waals surface area contributed by atoms with Gasteiger partial charge < -0.3 is 10.4 Å². The molecule has 2 N–H and O–H groups in total. The Morgan fingerprint density at radius 1 is 1.35 bits per heavy atom. The van der Waals surface area contributed by atoms with Crippen LogP contribution in [0.5, 0.6) is 0 Å². The fraction of sp³-hybridized carbons (Fsp3) is 0.250. The van der Waals surface area contributed by atoms with Crippen molar-refractivity contribution in [3.63, 3.8) is 0 Å². The van der Waals surface area contributed by atoms with Crippen LogP contribution in [0.2, 0.25) is 0 Å². The zero-order chi connectivity index (χ0) is 14.5. The predicted octanol–water partition coefficient (Wildman–Crippen LogP) is 3.30. The average Bonchev–Trinajstić information content (AvgIpc) is 2.45. The molecule has 0 aliphatic rings. The van der Waals surface area contributed by atoms with E-state index in [1.54, 1.807) is 6.07 Å². The molecule has 0 amide bonds. The van der Waals surface area contributed by atoms with Crippen molar-refractivity contribution in [1.29, 1.82) is 0 Å². The first-order chi connectivity index (χ1) is 9.58. The Hall–Kier alpha value is -2.36. The summed E-state index contributed by atoms with van der Waals surface area (Å²) in [6.07, 6.45) is 1.40. The molecule has 0 fully saturated rings. The number of anilines is 1. The lowest BCUT2D eigenvalue weighted by Crippen LogP contribution is -2.13. The number of nitrogens with one attached hydrogen (secondary N) is 1. The van der Waals surface area contributed by atoms with Crippen molar-refractivity contribution in [2.45, 2.75) is 19.8 Å². The van der Waals surface area contributed by atoms with Gasteiger partial charge in [-0.2, -0.15) is 0 Å². The number of aromatic nitrogens is 1. The van der Waals surface area contributed by atoms with E-state index >= 15 is 0 Å². The van der Waals surface area contributed by atoms with E-state index < -0.39 is 5.97 Å². The molecule has 0 saturated carbocycles. The third-order valence-corrected chi connectivity index (χ3v) is 3.24. The molecule has 2 rings (SSSR count). The van der Waals surface area contributed by atoms with Crippen LogP contribution < -0.4 is 5.32 Å². The van der Waals surface area contributed by atoms with Crippen molar-refractivity contribution in [3.05, 3.63) is 59.4 Å². The minimum absolute atomic E-state index is 0.205. The largest absolute Gasteiger partial charge is 0.478 e. The molecule has 1 aromatic heterocycles. The molecule has 1 heterocycles. The zero-order valence-corrected chi connectivity index (χ0v) is 11.6. The number of aromatic carboxylic acids is 1. The summed E-state index contributed by atoms with van der Waals surface area (Å²) in [4.78, 5) is 15.2. The molecule has 0 aliphatic heterocycles. The average molecular weight is 270 g/mol. The van der Waals surface area contributed by atoms with E-state index in [0.29, 0.717) is 18.2 Å². The lowest BCUT2D eigenvalue weighted by atomic mass is 10.0. The number of aryl methyl sites for hydroxylation is 1. The van der Waals surface area contributed by atoms with E-state index in [1.807, 2.05) is 25.1 Å². The molecular weight excluding hydrogens is 252 g/mol. The van der Waals surface area contributed by atoms with Crippen molar-refractivity contribution in [3.8, 4) is 0 Å². The second-order valence-corrected chi connectivity index (χ2v) is 4.87. The van der Waals surface area contributed by atoms with Gasteiger partial charge in [-0.3, -0.25) is 4.98 Å². The van der Waals surface area contributed by atoms with Crippen LogP contribution in [0, 0.1) is 6.92 Å². The topological polar surface area (TPSA) is 62.2 Å². The third-order valence-electron chi connectivity index (χ3n) is 3.24. The van der Waals surface area contributed by atoms with Crippen LogP contribution in [0.15, 0.2) is 42.6 Å². The van der Waals surface area contributed by atoms with Crippen LogP contribution >= 0.6 is 0 Å². The molecule has 0 aliphatic carbocycles. The summed E-state index contributed by atoms with van der Waals surface area (Å²) < 4.78 is 0. The summed E-state index contributed by atoms with van der Waals surface area (Å²) in [7, 11) is 0. The van der Waals surface area contributed by atoms with Gasteiger partial charge in [-0.25, -0.2) is 4.79 Å². The maximum Gasteiger partial charge on any atom is 0.339 e. The van der Waals surface area contributed by atoms with Gasteiger partial charge in [-0.1, -0.05) is 37.3 Å². The summed E-state index contributed by atoms with van der Waals surface area (Å²) in [6.45, 7) is 4.63. The van der Waals surface area contributed by atoms with Gasteiger partial charge in [0.1, 0.15) is 5.56 Å². The van der Waals surface area contributed by atoms with Crippen LogP contribution in [0.3, 0.4) is 0 Å². The van der Waals surface area contributed by atoms with Gasteiger partial charge in [-0.15, -0.1) is 0 Å². The maximum absolute atomic E-state index is 11.2. The number of pyridine rings is 1. The fourth-order valence-corrected chi connectivity index (χ4v) is 2.04. The van der Waals surface area contributed by atoms with Gasteiger partial charge in [0.2, 0.25) is 0 Å². The SMILES string of the molecule is Cc1cc(NCC(C)c2ccccc2)c(C(=O)O)cn1.